The first-order valence-corrected chi connectivity index (χ1v) is 6.94. The van der Waals surface area contributed by atoms with Crippen LogP contribution < -0.4 is 5.32 Å². The molecule has 0 saturated heterocycles. The Morgan fingerprint density at radius 1 is 0.905 bits per heavy atom. The van der Waals surface area contributed by atoms with Crippen molar-refractivity contribution >= 4 is 34.8 Å². The van der Waals surface area contributed by atoms with Gasteiger partial charge in [-0.3, -0.25) is 0 Å². The van der Waals surface area contributed by atoms with Crippen LogP contribution in [0, 0.1) is 0 Å². The summed E-state index contributed by atoms with van der Waals surface area (Å²) in [7, 11) is 0. The second-order valence-corrected chi connectivity index (χ2v) is 5.04. The largest absolute Gasteiger partial charge is 0.324 e. The molecular weight excluding hydrogens is 307 g/mol. The predicted molar refractivity (Wildman–Crippen MR) is 85.0 cm³/mol. The molecule has 6 heteroatoms. The molecule has 0 saturated carbocycles. The average Bonchev–Trinajstić information content (AvgIpc) is 2.48. The van der Waals surface area contributed by atoms with Crippen LogP contribution in [0.3, 0.4) is 0 Å². The van der Waals surface area contributed by atoms with E-state index in [1.165, 1.54) is 0 Å². The lowest BCUT2D eigenvalue weighted by Crippen LogP contribution is -1.98. The standard InChI is InChI=1S/C15H10Cl2N4/c16-10-3-1-4-11(9-10)20-15-19-8-6-13(21-15)12-5-2-7-18-14(12)17/h1-9H,(H,19,20,21). The first-order valence-electron chi connectivity index (χ1n) is 6.19. The van der Waals surface area contributed by atoms with Crippen LogP contribution in [-0.4, -0.2) is 15.0 Å². The molecule has 0 spiro atoms. The molecule has 2 heterocycles. The molecule has 0 radical (unpaired) electrons. The molecule has 0 aliphatic carbocycles. The summed E-state index contributed by atoms with van der Waals surface area (Å²) >= 11 is 12.0. The van der Waals surface area contributed by atoms with E-state index in [2.05, 4.69) is 20.3 Å². The number of halogens is 2. The highest BCUT2D eigenvalue weighted by molar-refractivity contribution is 6.32. The number of nitrogens with one attached hydrogen (secondary N) is 1. The second kappa shape index (κ2) is 6.08. The van der Waals surface area contributed by atoms with E-state index in [0.717, 1.165) is 11.3 Å². The summed E-state index contributed by atoms with van der Waals surface area (Å²) in [5, 5.41) is 4.16. The molecule has 3 rings (SSSR count). The molecule has 0 amide bonds. The molecule has 0 aliphatic rings. The number of rotatable bonds is 3. The fourth-order valence-electron chi connectivity index (χ4n) is 1.84. The second-order valence-electron chi connectivity index (χ2n) is 4.24. The molecule has 4 nitrogen and oxygen atoms in total. The van der Waals surface area contributed by atoms with Gasteiger partial charge in [0.1, 0.15) is 5.15 Å². The van der Waals surface area contributed by atoms with Gasteiger partial charge in [-0.15, -0.1) is 0 Å². The highest BCUT2D eigenvalue weighted by atomic mass is 35.5. The van der Waals surface area contributed by atoms with Crippen LogP contribution in [0.2, 0.25) is 10.2 Å². The van der Waals surface area contributed by atoms with Crippen LogP contribution >= 0.6 is 23.2 Å². The predicted octanol–water partition coefficient (Wildman–Crippen LogP) is 4.59. The Kier molecular flexibility index (Phi) is 3.99. The molecule has 0 fully saturated rings. The maximum atomic E-state index is 6.08. The summed E-state index contributed by atoms with van der Waals surface area (Å²) in [6, 6.07) is 12.8. The number of hydrogen-bond donors (Lipinski definition) is 1. The fourth-order valence-corrected chi connectivity index (χ4v) is 2.25. The zero-order valence-electron chi connectivity index (χ0n) is 10.8. The van der Waals surface area contributed by atoms with Gasteiger partial charge in [-0.1, -0.05) is 29.3 Å². The summed E-state index contributed by atoms with van der Waals surface area (Å²) in [4.78, 5) is 12.7. The maximum absolute atomic E-state index is 6.08. The topological polar surface area (TPSA) is 50.7 Å². The maximum Gasteiger partial charge on any atom is 0.227 e. The van der Waals surface area contributed by atoms with E-state index in [0.29, 0.717) is 21.8 Å². The molecule has 1 aromatic carbocycles. The molecule has 0 bridgehead atoms. The van der Waals surface area contributed by atoms with Crippen molar-refractivity contribution in [3.05, 3.63) is 65.0 Å². The van der Waals surface area contributed by atoms with Crippen molar-refractivity contribution in [1.29, 1.82) is 0 Å². The molecule has 2 aromatic heterocycles. The van der Waals surface area contributed by atoms with E-state index in [4.69, 9.17) is 23.2 Å². The van der Waals surface area contributed by atoms with E-state index in [1.54, 1.807) is 30.6 Å². The van der Waals surface area contributed by atoms with Crippen molar-refractivity contribution in [3.63, 3.8) is 0 Å². The SMILES string of the molecule is Clc1cccc(Nc2nccc(-c3cccnc3Cl)n2)c1. The number of nitrogens with zero attached hydrogens (tertiary/aromatic N) is 3. The van der Waals surface area contributed by atoms with Gasteiger partial charge in [-0.2, -0.15) is 0 Å². The van der Waals surface area contributed by atoms with E-state index in [9.17, 15) is 0 Å². The third kappa shape index (κ3) is 3.29. The van der Waals surface area contributed by atoms with Gasteiger partial charge in [-0.25, -0.2) is 15.0 Å². The minimum atomic E-state index is 0.407. The Balaban J connectivity index is 1.92. The van der Waals surface area contributed by atoms with E-state index < -0.39 is 0 Å². The van der Waals surface area contributed by atoms with Gasteiger partial charge in [0.2, 0.25) is 5.95 Å². The molecular formula is C15H10Cl2N4. The van der Waals surface area contributed by atoms with E-state index in [-0.39, 0.29) is 0 Å². The Labute approximate surface area is 131 Å². The quantitative estimate of drug-likeness (QED) is 0.718. The van der Waals surface area contributed by atoms with Crippen LogP contribution in [0.15, 0.2) is 54.9 Å². The van der Waals surface area contributed by atoms with Crippen molar-refractivity contribution in [2.45, 2.75) is 0 Å². The van der Waals surface area contributed by atoms with Crippen molar-refractivity contribution < 1.29 is 0 Å². The third-order valence-corrected chi connectivity index (χ3v) is 3.31. The van der Waals surface area contributed by atoms with E-state index >= 15 is 0 Å². The van der Waals surface area contributed by atoms with Gasteiger partial charge in [0.15, 0.2) is 0 Å². The fraction of sp³-hybridized carbons (Fsp3) is 0. The lowest BCUT2D eigenvalue weighted by Gasteiger charge is -2.07. The average molecular weight is 317 g/mol. The van der Waals surface area contributed by atoms with Crippen molar-refractivity contribution in [3.8, 4) is 11.3 Å². The zero-order chi connectivity index (χ0) is 14.7. The number of pyridine rings is 1. The van der Waals surface area contributed by atoms with E-state index in [1.807, 2.05) is 24.3 Å². The lowest BCUT2D eigenvalue weighted by molar-refractivity contribution is 1.16. The van der Waals surface area contributed by atoms with Crippen LogP contribution in [0.5, 0.6) is 0 Å². The summed E-state index contributed by atoms with van der Waals surface area (Å²) in [6.45, 7) is 0. The normalized spacial score (nSPS) is 10.4. The van der Waals surface area contributed by atoms with Crippen molar-refractivity contribution in [2.24, 2.45) is 0 Å². The molecule has 104 valence electrons. The van der Waals surface area contributed by atoms with Crippen LogP contribution in [-0.2, 0) is 0 Å². The van der Waals surface area contributed by atoms with Gasteiger partial charge >= 0.3 is 0 Å². The highest BCUT2D eigenvalue weighted by Crippen LogP contribution is 2.25. The number of anilines is 2. The molecule has 0 unspecified atom stereocenters. The summed E-state index contributed by atoms with van der Waals surface area (Å²) in [6.07, 6.45) is 3.30. The monoisotopic (exact) mass is 316 g/mol. The summed E-state index contributed by atoms with van der Waals surface area (Å²) < 4.78 is 0. The van der Waals surface area contributed by atoms with Crippen LogP contribution in [0.4, 0.5) is 11.6 Å². The van der Waals surface area contributed by atoms with Crippen molar-refractivity contribution in [2.75, 3.05) is 5.32 Å². The van der Waals surface area contributed by atoms with Gasteiger partial charge in [0, 0.05) is 28.7 Å². The minimum Gasteiger partial charge on any atom is -0.324 e. The lowest BCUT2D eigenvalue weighted by atomic mass is 10.2. The number of aromatic nitrogens is 3. The van der Waals surface area contributed by atoms with Crippen LogP contribution in [0.1, 0.15) is 0 Å². The Hall–Kier alpha value is -2.17. The van der Waals surface area contributed by atoms with Crippen molar-refractivity contribution in [1.82, 2.24) is 15.0 Å². The van der Waals surface area contributed by atoms with Gasteiger partial charge < -0.3 is 5.32 Å². The molecule has 1 N–H and O–H groups in total. The highest BCUT2D eigenvalue weighted by Gasteiger charge is 2.07. The Bertz CT molecular complexity index is 777. The first kappa shape index (κ1) is 13.8. The zero-order valence-corrected chi connectivity index (χ0v) is 12.3. The summed E-state index contributed by atoms with van der Waals surface area (Å²) in [5.74, 6) is 0.467. The van der Waals surface area contributed by atoms with Gasteiger partial charge in [0.25, 0.3) is 0 Å². The summed E-state index contributed by atoms with van der Waals surface area (Å²) in [5.41, 5.74) is 2.28. The number of hydrogen-bond acceptors (Lipinski definition) is 4. The molecule has 0 aliphatic heterocycles. The molecule has 3 aromatic rings. The Morgan fingerprint density at radius 3 is 2.62 bits per heavy atom. The Morgan fingerprint density at radius 2 is 1.81 bits per heavy atom. The molecule has 21 heavy (non-hydrogen) atoms. The number of benzene rings is 1. The third-order valence-electron chi connectivity index (χ3n) is 2.77. The minimum absolute atomic E-state index is 0.407. The smallest absolute Gasteiger partial charge is 0.227 e. The first-order chi connectivity index (χ1) is 10.2. The van der Waals surface area contributed by atoms with Crippen LogP contribution in [0.25, 0.3) is 11.3 Å². The van der Waals surface area contributed by atoms with Gasteiger partial charge in [0.05, 0.1) is 5.69 Å². The molecule has 0 atom stereocenters. The van der Waals surface area contributed by atoms with Gasteiger partial charge in [-0.05, 0) is 36.4 Å².